The first kappa shape index (κ1) is 24.0. The van der Waals surface area contributed by atoms with Crippen molar-refractivity contribution in [3.8, 4) is 0 Å². The summed E-state index contributed by atoms with van der Waals surface area (Å²) in [5, 5.41) is 3.12. The van der Waals surface area contributed by atoms with E-state index in [-0.39, 0.29) is 48.1 Å². The molecule has 25 heavy (non-hydrogen) atoms. The first-order chi connectivity index (χ1) is 10.8. The lowest BCUT2D eigenvalue weighted by Gasteiger charge is -2.34. The van der Waals surface area contributed by atoms with Gasteiger partial charge in [-0.3, -0.25) is 4.79 Å². The number of piperidine rings is 1. The molecule has 4 nitrogen and oxygen atoms in total. The van der Waals surface area contributed by atoms with E-state index in [1.165, 1.54) is 11.3 Å². The third-order valence-electron chi connectivity index (χ3n) is 4.74. The average Bonchev–Trinajstić information content (AvgIpc) is 2.54. The Balaban J connectivity index is 0.00000288. The summed E-state index contributed by atoms with van der Waals surface area (Å²) in [5.41, 5.74) is 8.38. The number of carbonyl (C=O) groups is 1. The van der Waals surface area contributed by atoms with Crippen molar-refractivity contribution < 1.29 is 4.79 Å². The van der Waals surface area contributed by atoms with Gasteiger partial charge in [-0.05, 0) is 36.0 Å². The van der Waals surface area contributed by atoms with Gasteiger partial charge in [0.1, 0.15) is 0 Å². The van der Waals surface area contributed by atoms with Crippen LogP contribution in [0.1, 0.15) is 46.1 Å². The van der Waals surface area contributed by atoms with Crippen LogP contribution < -0.4 is 16.0 Å². The molecule has 0 spiro atoms. The summed E-state index contributed by atoms with van der Waals surface area (Å²) in [6.07, 6.45) is 1.98. The Labute approximate surface area is 164 Å². The second-order valence-corrected chi connectivity index (χ2v) is 7.70. The van der Waals surface area contributed by atoms with E-state index in [1.54, 1.807) is 0 Å². The van der Waals surface area contributed by atoms with Crippen LogP contribution in [0.2, 0.25) is 0 Å². The summed E-state index contributed by atoms with van der Waals surface area (Å²) in [5.74, 6) is -0.0153. The smallest absolute Gasteiger partial charge is 0.224 e. The zero-order valence-corrected chi connectivity index (χ0v) is 17.4. The number of nitrogens with one attached hydrogen (secondary N) is 1. The number of benzene rings is 1. The number of nitrogens with two attached hydrogens (primary N) is 1. The molecule has 1 atom stereocenters. The summed E-state index contributed by atoms with van der Waals surface area (Å²) < 4.78 is 0. The highest BCUT2D eigenvalue weighted by molar-refractivity contribution is 5.85. The molecule has 1 saturated heterocycles. The van der Waals surface area contributed by atoms with Crippen LogP contribution in [0, 0.1) is 5.92 Å². The van der Waals surface area contributed by atoms with Crippen molar-refractivity contribution in [3.05, 3.63) is 29.8 Å². The van der Waals surface area contributed by atoms with Crippen LogP contribution in [0.5, 0.6) is 0 Å². The number of nitrogens with zero attached hydrogens (tertiary/aromatic N) is 1. The Morgan fingerprint density at radius 2 is 1.72 bits per heavy atom. The Bertz CT molecular complexity index is 520. The molecule has 2 rings (SSSR count). The monoisotopic (exact) mass is 389 g/mol. The van der Waals surface area contributed by atoms with Crippen molar-refractivity contribution in [2.24, 2.45) is 11.7 Å². The van der Waals surface area contributed by atoms with E-state index in [0.29, 0.717) is 6.54 Å². The van der Waals surface area contributed by atoms with Gasteiger partial charge in [-0.1, -0.05) is 39.8 Å². The van der Waals surface area contributed by atoms with Crippen molar-refractivity contribution in [2.75, 3.05) is 24.5 Å². The van der Waals surface area contributed by atoms with Crippen molar-refractivity contribution in [3.63, 3.8) is 0 Å². The molecule has 0 bridgehead atoms. The third kappa shape index (κ3) is 6.69. The van der Waals surface area contributed by atoms with Gasteiger partial charge in [-0.25, -0.2) is 0 Å². The Kier molecular flexibility index (Phi) is 9.85. The third-order valence-corrected chi connectivity index (χ3v) is 4.74. The van der Waals surface area contributed by atoms with Gasteiger partial charge in [0, 0.05) is 37.3 Å². The first-order valence-electron chi connectivity index (χ1n) is 8.67. The highest BCUT2D eigenvalue weighted by Crippen LogP contribution is 2.26. The average molecular weight is 390 g/mol. The summed E-state index contributed by atoms with van der Waals surface area (Å²) in [7, 11) is 0. The second kappa shape index (κ2) is 10.2. The van der Waals surface area contributed by atoms with E-state index in [2.05, 4.69) is 55.3 Å². The van der Waals surface area contributed by atoms with Gasteiger partial charge in [-0.2, -0.15) is 0 Å². The summed E-state index contributed by atoms with van der Waals surface area (Å²) in [6.45, 7) is 11.0. The van der Waals surface area contributed by atoms with E-state index in [4.69, 9.17) is 5.73 Å². The fourth-order valence-electron chi connectivity index (χ4n) is 2.90. The summed E-state index contributed by atoms with van der Waals surface area (Å²) in [4.78, 5) is 14.3. The Morgan fingerprint density at radius 3 is 2.16 bits per heavy atom. The van der Waals surface area contributed by atoms with E-state index < -0.39 is 0 Å². The molecule has 6 heteroatoms. The van der Waals surface area contributed by atoms with Crippen LogP contribution >= 0.6 is 24.8 Å². The van der Waals surface area contributed by atoms with Crippen LogP contribution in [0.15, 0.2) is 24.3 Å². The van der Waals surface area contributed by atoms with Crippen molar-refractivity contribution in [1.29, 1.82) is 0 Å². The molecule has 0 aliphatic carbocycles. The SMILES string of the molecule is CC(CN)C(=O)NC1CCN(c2ccc(C(C)(C)C)cc2)CC1.Cl.Cl. The molecule has 0 radical (unpaired) electrons. The molecule has 1 heterocycles. The molecule has 1 aromatic rings. The molecule has 144 valence electrons. The largest absolute Gasteiger partial charge is 0.371 e. The van der Waals surface area contributed by atoms with Gasteiger partial charge in [0.15, 0.2) is 0 Å². The quantitative estimate of drug-likeness (QED) is 0.827. The van der Waals surface area contributed by atoms with E-state index in [0.717, 1.165) is 25.9 Å². The molecule has 3 N–H and O–H groups in total. The maximum absolute atomic E-state index is 11.9. The molecule has 1 fully saturated rings. The standard InChI is InChI=1S/C19H31N3O.2ClH/c1-14(13-20)18(23)21-16-9-11-22(12-10-16)17-7-5-15(6-8-17)19(2,3)4;;/h5-8,14,16H,9-13,20H2,1-4H3,(H,21,23);2*1H. The number of anilines is 1. The zero-order valence-electron chi connectivity index (χ0n) is 15.7. The predicted molar refractivity (Wildman–Crippen MR) is 111 cm³/mol. The lowest BCUT2D eigenvalue weighted by molar-refractivity contribution is -0.125. The van der Waals surface area contributed by atoms with Gasteiger partial charge in [-0.15, -0.1) is 24.8 Å². The molecular weight excluding hydrogens is 357 g/mol. The van der Waals surface area contributed by atoms with Gasteiger partial charge >= 0.3 is 0 Å². The fourth-order valence-corrected chi connectivity index (χ4v) is 2.90. The zero-order chi connectivity index (χ0) is 17.0. The van der Waals surface area contributed by atoms with Crippen molar-refractivity contribution >= 4 is 36.4 Å². The Morgan fingerprint density at radius 1 is 1.20 bits per heavy atom. The summed E-state index contributed by atoms with van der Waals surface area (Å²) in [6, 6.07) is 9.17. The minimum atomic E-state index is -0.0991. The molecular formula is C19H33Cl2N3O. The lowest BCUT2D eigenvalue weighted by atomic mass is 9.87. The van der Waals surface area contributed by atoms with E-state index in [1.807, 2.05) is 6.92 Å². The van der Waals surface area contributed by atoms with Crippen LogP contribution in [0.25, 0.3) is 0 Å². The number of amides is 1. The second-order valence-electron chi connectivity index (χ2n) is 7.70. The van der Waals surface area contributed by atoms with Crippen LogP contribution in [-0.2, 0) is 10.2 Å². The van der Waals surface area contributed by atoms with Gasteiger partial charge in [0.2, 0.25) is 5.91 Å². The van der Waals surface area contributed by atoms with E-state index >= 15 is 0 Å². The molecule has 1 aromatic carbocycles. The first-order valence-corrected chi connectivity index (χ1v) is 8.67. The topological polar surface area (TPSA) is 58.4 Å². The molecule has 0 saturated carbocycles. The normalized spacial score (nSPS) is 16.4. The number of halogens is 2. The fraction of sp³-hybridized carbons (Fsp3) is 0.632. The van der Waals surface area contributed by atoms with E-state index in [9.17, 15) is 4.79 Å². The highest BCUT2D eigenvalue weighted by atomic mass is 35.5. The number of rotatable bonds is 4. The minimum Gasteiger partial charge on any atom is -0.371 e. The highest BCUT2D eigenvalue weighted by Gasteiger charge is 2.23. The van der Waals surface area contributed by atoms with Gasteiger partial charge in [0.25, 0.3) is 0 Å². The molecule has 1 aliphatic rings. The molecule has 1 unspecified atom stereocenters. The maximum Gasteiger partial charge on any atom is 0.224 e. The number of hydrogen-bond donors (Lipinski definition) is 2. The van der Waals surface area contributed by atoms with Gasteiger partial charge in [0.05, 0.1) is 0 Å². The van der Waals surface area contributed by atoms with Crippen LogP contribution in [0.3, 0.4) is 0 Å². The maximum atomic E-state index is 11.9. The number of hydrogen-bond acceptors (Lipinski definition) is 3. The molecule has 1 amide bonds. The summed E-state index contributed by atoms with van der Waals surface area (Å²) >= 11 is 0. The minimum absolute atomic E-state index is 0. The predicted octanol–water partition coefficient (Wildman–Crippen LogP) is 3.51. The lowest BCUT2D eigenvalue weighted by Crippen LogP contribution is -2.46. The van der Waals surface area contributed by atoms with Crippen molar-refractivity contribution in [1.82, 2.24) is 5.32 Å². The van der Waals surface area contributed by atoms with Crippen molar-refractivity contribution in [2.45, 2.75) is 52.0 Å². The van der Waals surface area contributed by atoms with Crippen LogP contribution in [-0.4, -0.2) is 31.6 Å². The molecule has 0 aromatic heterocycles. The molecule has 1 aliphatic heterocycles. The Hall–Kier alpha value is -0.970. The number of carbonyl (C=O) groups excluding carboxylic acids is 1. The van der Waals surface area contributed by atoms with Gasteiger partial charge < -0.3 is 16.0 Å². The van der Waals surface area contributed by atoms with Crippen LogP contribution in [0.4, 0.5) is 5.69 Å².